The van der Waals surface area contributed by atoms with Crippen LogP contribution in [0.1, 0.15) is 20.0 Å². The van der Waals surface area contributed by atoms with Gasteiger partial charge in [-0.1, -0.05) is 17.7 Å². The number of likely N-dealkylation sites (N-methyl/N-ethyl adjacent to an activating group) is 1. The second kappa shape index (κ2) is 9.62. The van der Waals surface area contributed by atoms with E-state index in [0.29, 0.717) is 51.0 Å². The molecule has 2 aromatic carbocycles. The van der Waals surface area contributed by atoms with E-state index in [-0.39, 0.29) is 11.8 Å². The number of hydrogen-bond donors (Lipinski definition) is 2. The molecule has 0 saturated heterocycles. The predicted octanol–water partition coefficient (Wildman–Crippen LogP) is 4.38. The number of thiophene rings is 1. The zero-order chi connectivity index (χ0) is 23.5. The Hall–Kier alpha value is -3.40. The molecule has 2 aromatic heterocycles. The van der Waals surface area contributed by atoms with E-state index in [9.17, 15) is 14.4 Å². The van der Waals surface area contributed by atoms with Crippen LogP contribution < -0.4 is 16.4 Å². The summed E-state index contributed by atoms with van der Waals surface area (Å²) in [5.74, 6) is -1.13. The Balaban J connectivity index is 1.55. The van der Waals surface area contributed by atoms with Crippen molar-refractivity contribution in [1.29, 1.82) is 0 Å². The van der Waals surface area contributed by atoms with Crippen molar-refractivity contribution in [3.63, 3.8) is 0 Å². The fraction of sp³-hybridized carbons (Fsp3) is 0.174. The molecule has 0 atom stereocenters. The van der Waals surface area contributed by atoms with Crippen molar-refractivity contribution in [2.45, 2.75) is 6.54 Å². The second-order valence-corrected chi connectivity index (χ2v) is 8.94. The summed E-state index contributed by atoms with van der Waals surface area (Å²) in [5, 5.41) is 7.68. The molecule has 0 unspecified atom stereocenters. The van der Waals surface area contributed by atoms with Crippen molar-refractivity contribution in [2.24, 2.45) is 0 Å². The summed E-state index contributed by atoms with van der Waals surface area (Å²) in [6.07, 6.45) is 0. The van der Waals surface area contributed by atoms with E-state index < -0.39 is 5.76 Å². The van der Waals surface area contributed by atoms with Gasteiger partial charge in [0.15, 0.2) is 5.58 Å². The monoisotopic (exact) mass is 484 g/mol. The van der Waals surface area contributed by atoms with Crippen molar-refractivity contribution in [2.75, 3.05) is 31.3 Å². The maximum Gasteiger partial charge on any atom is 0.419 e. The van der Waals surface area contributed by atoms with Gasteiger partial charge in [-0.05, 0) is 61.9 Å². The molecular weight excluding hydrogens is 464 g/mol. The van der Waals surface area contributed by atoms with Crippen LogP contribution in [0.25, 0.3) is 11.1 Å². The average Bonchev–Trinajstić information content (AvgIpc) is 3.41. The van der Waals surface area contributed by atoms with Gasteiger partial charge in [-0.3, -0.25) is 14.2 Å². The van der Waals surface area contributed by atoms with Crippen LogP contribution in [0.3, 0.4) is 0 Å². The number of nitrogens with one attached hydrogen (secondary N) is 2. The van der Waals surface area contributed by atoms with E-state index >= 15 is 0 Å². The third-order valence-electron chi connectivity index (χ3n) is 4.92. The first-order valence-corrected chi connectivity index (χ1v) is 11.3. The van der Waals surface area contributed by atoms with Crippen molar-refractivity contribution < 1.29 is 14.0 Å². The first kappa shape index (κ1) is 22.8. The van der Waals surface area contributed by atoms with E-state index in [1.165, 1.54) is 22.0 Å². The Morgan fingerprint density at radius 3 is 2.64 bits per heavy atom. The Bertz CT molecular complexity index is 1380. The molecule has 0 aliphatic rings. The lowest BCUT2D eigenvalue weighted by Crippen LogP contribution is -2.23. The number of carbonyl (C=O) groups excluding carboxylic acids is 2. The van der Waals surface area contributed by atoms with Crippen LogP contribution in [0, 0.1) is 0 Å². The highest BCUT2D eigenvalue weighted by Crippen LogP contribution is 2.25. The van der Waals surface area contributed by atoms with Crippen molar-refractivity contribution >= 4 is 57.2 Å². The van der Waals surface area contributed by atoms with E-state index in [4.69, 9.17) is 16.0 Å². The molecular formula is C23H21ClN4O4S. The maximum atomic E-state index is 12.9. The number of rotatable bonds is 7. The zero-order valence-electron chi connectivity index (χ0n) is 17.9. The van der Waals surface area contributed by atoms with Gasteiger partial charge in [-0.25, -0.2) is 4.79 Å². The van der Waals surface area contributed by atoms with Crippen molar-refractivity contribution in [3.05, 3.63) is 79.9 Å². The van der Waals surface area contributed by atoms with Crippen LogP contribution >= 0.6 is 22.9 Å². The summed E-state index contributed by atoms with van der Waals surface area (Å²) < 4.78 is 6.83. The number of hydrogen-bond acceptors (Lipinski definition) is 6. The van der Waals surface area contributed by atoms with Gasteiger partial charge in [0.2, 0.25) is 0 Å². The van der Waals surface area contributed by atoms with Gasteiger partial charge in [0.25, 0.3) is 11.8 Å². The van der Waals surface area contributed by atoms with Gasteiger partial charge >= 0.3 is 5.76 Å². The topological polar surface area (TPSA) is 96.6 Å². The molecule has 2 amide bonds. The minimum atomic E-state index is -0.445. The second-order valence-electron chi connectivity index (χ2n) is 7.59. The summed E-state index contributed by atoms with van der Waals surface area (Å²) in [7, 11) is 3.84. The molecule has 0 spiro atoms. The molecule has 0 aliphatic heterocycles. The predicted molar refractivity (Wildman–Crippen MR) is 131 cm³/mol. The Morgan fingerprint density at radius 2 is 1.91 bits per heavy atom. The highest BCUT2D eigenvalue weighted by atomic mass is 35.5. The normalized spacial score (nSPS) is 11.2. The highest BCUT2D eigenvalue weighted by molar-refractivity contribution is 7.12. The quantitative estimate of drug-likeness (QED) is 0.406. The van der Waals surface area contributed by atoms with E-state index in [1.807, 2.05) is 19.0 Å². The molecule has 2 N–H and O–H groups in total. The largest absolute Gasteiger partial charge is 0.419 e. The number of halogens is 1. The van der Waals surface area contributed by atoms with E-state index in [0.717, 1.165) is 0 Å². The molecule has 2 heterocycles. The molecule has 8 nitrogen and oxygen atoms in total. The Morgan fingerprint density at radius 1 is 1.09 bits per heavy atom. The van der Waals surface area contributed by atoms with Gasteiger partial charge in [0, 0.05) is 24.3 Å². The SMILES string of the molecule is CN(C)CCn1c(=O)oc2ccc(NC(=O)c3ccc(Cl)c(NC(=O)c4cccs4)c3)cc21. The first-order valence-electron chi connectivity index (χ1n) is 10.1. The fourth-order valence-electron chi connectivity index (χ4n) is 3.21. The molecule has 0 bridgehead atoms. The number of amides is 2. The highest BCUT2D eigenvalue weighted by Gasteiger charge is 2.15. The number of aromatic nitrogens is 1. The summed E-state index contributed by atoms with van der Waals surface area (Å²) in [6.45, 7) is 1.12. The minimum absolute atomic E-state index is 0.300. The number of oxazole rings is 1. The molecule has 0 aliphatic carbocycles. The van der Waals surface area contributed by atoms with Crippen LogP contribution in [-0.2, 0) is 6.54 Å². The van der Waals surface area contributed by atoms with Crippen LogP contribution in [0.2, 0.25) is 5.02 Å². The standard InChI is InChI=1S/C23H21ClN4O4S/c1-27(2)9-10-28-18-13-15(6-8-19(18)32-23(28)31)25-21(29)14-5-7-16(24)17(12-14)26-22(30)20-4-3-11-33-20/h3-8,11-13H,9-10H2,1-2H3,(H,25,29)(H,26,30). The van der Waals surface area contributed by atoms with Crippen molar-refractivity contribution in [3.8, 4) is 0 Å². The molecule has 0 radical (unpaired) electrons. The zero-order valence-corrected chi connectivity index (χ0v) is 19.5. The van der Waals surface area contributed by atoms with Crippen LogP contribution in [-0.4, -0.2) is 41.9 Å². The first-order chi connectivity index (χ1) is 15.8. The van der Waals surface area contributed by atoms with Gasteiger partial charge in [0.1, 0.15) is 0 Å². The molecule has 10 heteroatoms. The molecule has 4 aromatic rings. The van der Waals surface area contributed by atoms with Crippen LogP contribution in [0.15, 0.2) is 63.1 Å². The number of fused-ring (bicyclic) bond motifs is 1. The lowest BCUT2D eigenvalue weighted by Gasteiger charge is -2.11. The molecule has 0 fully saturated rings. The summed E-state index contributed by atoms with van der Waals surface area (Å²) in [5.41, 5.74) is 2.20. The van der Waals surface area contributed by atoms with Crippen molar-refractivity contribution in [1.82, 2.24) is 9.47 Å². The number of nitrogens with zero attached hydrogens (tertiary/aromatic N) is 2. The summed E-state index contributed by atoms with van der Waals surface area (Å²) in [4.78, 5) is 39.9. The molecule has 4 rings (SSSR count). The number of carbonyl (C=O) groups is 2. The van der Waals surface area contributed by atoms with Gasteiger partial charge in [-0.15, -0.1) is 11.3 Å². The smallest absolute Gasteiger partial charge is 0.408 e. The number of benzene rings is 2. The average molecular weight is 485 g/mol. The van der Waals surface area contributed by atoms with Crippen LogP contribution in [0.5, 0.6) is 0 Å². The van der Waals surface area contributed by atoms with Crippen LogP contribution in [0.4, 0.5) is 11.4 Å². The Kier molecular flexibility index (Phi) is 6.64. The summed E-state index contributed by atoms with van der Waals surface area (Å²) >= 11 is 7.52. The Labute approximate surface area is 198 Å². The summed E-state index contributed by atoms with van der Waals surface area (Å²) in [6, 6.07) is 13.1. The van der Waals surface area contributed by atoms with Gasteiger partial charge in [-0.2, -0.15) is 0 Å². The third kappa shape index (κ3) is 5.16. The van der Waals surface area contributed by atoms with E-state index in [1.54, 1.807) is 47.8 Å². The minimum Gasteiger partial charge on any atom is -0.408 e. The molecule has 33 heavy (non-hydrogen) atoms. The molecule has 0 saturated carbocycles. The lowest BCUT2D eigenvalue weighted by atomic mass is 10.1. The third-order valence-corrected chi connectivity index (χ3v) is 6.12. The van der Waals surface area contributed by atoms with Gasteiger partial charge in [0.05, 0.1) is 21.1 Å². The molecule has 170 valence electrons. The van der Waals surface area contributed by atoms with E-state index in [2.05, 4.69) is 10.6 Å². The van der Waals surface area contributed by atoms with Gasteiger partial charge < -0.3 is 20.0 Å². The number of anilines is 2. The maximum absolute atomic E-state index is 12.9. The fourth-order valence-corrected chi connectivity index (χ4v) is 3.99. The lowest BCUT2D eigenvalue weighted by molar-refractivity contribution is 0.101.